The molecular formula is C12H28N3O3PS. The van der Waals surface area contributed by atoms with Crippen molar-refractivity contribution in [3.63, 3.8) is 0 Å². The molecule has 120 valence electrons. The van der Waals surface area contributed by atoms with Crippen molar-refractivity contribution in [1.82, 2.24) is 9.80 Å². The Hall–Kier alpha value is -0.230. The van der Waals surface area contributed by atoms with Gasteiger partial charge in [0.05, 0.1) is 5.60 Å². The second-order valence-corrected chi connectivity index (χ2v) is 8.44. The molecule has 0 rings (SSSR count). The normalized spacial score (nSPS) is 16.2. The van der Waals surface area contributed by atoms with Gasteiger partial charge in [-0.1, -0.05) is 0 Å². The van der Waals surface area contributed by atoms with Crippen LogP contribution in [-0.4, -0.2) is 61.2 Å². The lowest BCUT2D eigenvalue weighted by Gasteiger charge is -2.29. The van der Waals surface area contributed by atoms with Crippen molar-refractivity contribution in [1.29, 1.82) is 0 Å². The fourth-order valence-electron chi connectivity index (χ4n) is 1.33. The van der Waals surface area contributed by atoms with Crippen molar-refractivity contribution >= 4 is 25.5 Å². The molecule has 0 aromatic rings. The molecule has 0 aliphatic rings. The van der Waals surface area contributed by atoms with Gasteiger partial charge in [-0.3, -0.25) is 9.05 Å². The summed E-state index contributed by atoms with van der Waals surface area (Å²) >= 11 is 1.45. The van der Waals surface area contributed by atoms with E-state index in [1.165, 1.54) is 11.8 Å². The first-order chi connectivity index (χ1) is 8.90. The summed E-state index contributed by atoms with van der Waals surface area (Å²) in [5.74, 6) is 0.533. The van der Waals surface area contributed by atoms with Gasteiger partial charge in [0.25, 0.3) is 0 Å². The Labute approximate surface area is 127 Å². The van der Waals surface area contributed by atoms with Gasteiger partial charge in [-0.2, -0.15) is 0 Å². The fraction of sp³-hybridized carbons (Fsp3) is 0.917. The number of hydrogen-bond donors (Lipinski definition) is 0. The smallest absolute Gasteiger partial charge is 0.349 e. The summed E-state index contributed by atoms with van der Waals surface area (Å²) in [5, 5.41) is 0. The molecule has 0 aliphatic heterocycles. The van der Waals surface area contributed by atoms with E-state index in [0.29, 0.717) is 5.96 Å². The van der Waals surface area contributed by atoms with Crippen LogP contribution < -0.4 is 0 Å². The van der Waals surface area contributed by atoms with Crippen LogP contribution in [0.15, 0.2) is 4.76 Å². The van der Waals surface area contributed by atoms with E-state index in [9.17, 15) is 4.57 Å². The molecule has 0 spiro atoms. The molecule has 0 heterocycles. The highest BCUT2D eigenvalue weighted by molar-refractivity contribution is 7.99. The highest BCUT2D eigenvalue weighted by Gasteiger charge is 2.34. The molecule has 0 aromatic heterocycles. The maximum atomic E-state index is 12.9. The molecule has 0 fully saturated rings. The van der Waals surface area contributed by atoms with Crippen molar-refractivity contribution in [2.45, 2.75) is 38.7 Å². The fourth-order valence-corrected chi connectivity index (χ4v) is 3.78. The molecule has 0 N–H and O–H groups in total. The van der Waals surface area contributed by atoms with Crippen LogP contribution in [0.1, 0.15) is 27.7 Å². The van der Waals surface area contributed by atoms with Gasteiger partial charge in [-0.25, -0.2) is 4.57 Å². The average Bonchev–Trinajstić information content (AvgIpc) is 2.22. The van der Waals surface area contributed by atoms with Crippen LogP contribution in [-0.2, 0) is 13.6 Å². The maximum Gasteiger partial charge on any atom is 0.458 e. The van der Waals surface area contributed by atoms with E-state index in [4.69, 9.17) is 9.05 Å². The molecule has 20 heavy (non-hydrogen) atoms. The third-order valence-electron chi connectivity index (χ3n) is 2.01. The minimum atomic E-state index is -3.59. The lowest BCUT2D eigenvalue weighted by molar-refractivity contribution is 0.0925. The summed E-state index contributed by atoms with van der Waals surface area (Å²) in [6.07, 6.45) is 1.88. The maximum absolute atomic E-state index is 12.9. The number of thioether (sulfide) groups is 1. The molecular weight excluding hydrogens is 297 g/mol. The molecule has 0 aromatic carbocycles. The Balaban J connectivity index is 5.51. The van der Waals surface area contributed by atoms with E-state index in [1.54, 1.807) is 9.80 Å². The highest BCUT2D eigenvalue weighted by Crippen LogP contribution is 2.55. The van der Waals surface area contributed by atoms with Crippen molar-refractivity contribution < 1.29 is 13.6 Å². The van der Waals surface area contributed by atoms with E-state index < -0.39 is 13.3 Å². The Morgan fingerprint density at radius 2 is 1.65 bits per heavy atom. The first-order valence-corrected chi connectivity index (χ1v) is 9.15. The van der Waals surface area contributed by atoms with E-state index in [0.717, 1.165) is 0 Å². The van der Waals surface area contributed by atoms with E-state index >= 15 is 0 Å². The van der Waals surface area contributed by atoms with Crippen LogP contribution in [0.3, 0.4) is 0 Å². The Bertz CT molecular complexity index is 371. The predicted molar refractivity (Wildman–Crippen MR) is 87.3 cm³/mol. The van der Waals surface area contributed by atoms with E-state index in [2.05, 4.69) is 4.76 Å². The molecule has 0 amide bonds. The average molecular weight is 325 g/mol. The second kappa shape index (κ2) is 7.69. The molecule has 8 heteroatoms. The zero-order valence-corrected chi connectivity index (χ0v) is 15.7. The third kappa shape index (κ3) is 7.53. The summed E-state index contributed by atoms with van der Waals surface area (Å²) in [6.45, 7) is 7.30. The van der Waals surface area contributed by atoms with Gasteiger partial charge in [0.2, 0.25) is 5.96 Å². The van der Waals surface area contributed by atoms with Gasteiger partial charge in [-0.15, -0.1) is 16.5 Å². The predicted octanol–water partition coefficient (Wildman–Crippen LogP) is 3.11. The minimum absolute atomic E-state index is 0.266. The monoisotopic (exact) mass is 325 g/mol. The van der Waals surface area contributed by atoms with Crippen LogP contribution in [0.5, 0.6) is 0 Å². The van der Waals surface area contributed by atoms with Crippen LogP contribution in [0.2, 0.25) is 0 Å². The Morgan fingerprint density at radius 3 is 1.95 bits per heavy atom. The summed E-state index contributed by atoms with van der Waals surface area (Å²) in [4.78, 5) is 3.54. The number of guanidine groups is 1. The highest BCUT2D eigenvalue weighted by atomic mass is 32.2. The summed E-state index contributed by atoms with van der Waals surface area (Å²) in [6, 6.07) is 0. The lowest BCUT2D eigenvalue weighted by atomic mass is 10.2. The van der Waals surface area contributed by atoms with Crippen molar-refractivity contribution in [2.24, 2.45) is 4.76 Å². The van der Waals surface area contributed by atoms with Crippen LogP contribution in [0, 0.1) is 0 Å². The van der Waals surface area contributed by atoms with Crippen molar-refractivity contribution in [3.8, 4) is 0 Å². The van der Waals surface area contributed by atoms with Crippen molar-refractivity contribution in [3.05, 3.63) is 0 Å². The van der Waals surface area contributed by atoms with Crippen LogP contribution in [0.25, 0.3) is 0 Å². The molecule has 0 radical (unpaired) electrons. The van der Waals surface area contributed by atoms with Crippen molar-refractivity contribution in [2.75, 3.05) is 34.4 Å². The summed E-state index contributed by atoms with van der Waals surface area (Å²) < 4.78 is 28.3. The largest absolute Gasteiger partial charge is 0.458 e. The summed E-state index contributed by atoms with van der Waals surface area (Å²) in [7, 11) is 3.73. The molecule has 2 unspecified atom stereocenters. The van der Waals surface area contributed by atoms with Gasteiger partial charge in [0, 0.05) is 28.2 Å². The van der Waals surface area contributed by atoms with Crippen LogP contribution in [0.4, 0.5) is 0 Å². The van der Waals surface area contributed by atoms with Gasteiger partial charge in [-0.05, 0) is 34.0 Å². The standard InChI is InChI=1S/C12H28N3O3PS/c1-10(20-9)17-19(16,18-12(2,3)4)13-11(14(5)6)15(7)8/h10H,1-9H3. The first kappa shape index (κ1) is 19.8. The molecule has 0 bridgehead atoms. The number of hydrogen-bond acceptors (Lipinski definition) is 4. The Morgan fingerprint density at radius 1 is 1.20 bits per heavy atom. The second-order valence-electron chi connectivity index (χ2n) is 5.77. The SMILES string of the molecule is CSC(C)OP(=O)(N=C(N(C)C)N(C)C)OC(C)(C)C. The molecule has 0 saturated heterocycles. The zero-order valence-electron chi connectivity index (χ0n) is 14.0. The minimum Gasteiger partial charge on any atom is -0.349 e. The van der Waals surface area contributed by atoms with Gasteiger partial charge in [0.15, 0.2) is 0 Å². The van der Waals surface area contributed by atoms with Gasteiger partial charge >= 0.3 is 7.75 Å². The molecule has 0 saturated carbocycles. The van der Waals surface area contributed by atoms with E-state index in [-0.39, 0.29) is 5.44 Å². The van der Waals surface area contributed by atoms with Gasteiger partial charge in [0.1, 0.15) is 5.44 Å². The van der Waals surface area contributed by atoms with Crippen LogP contribution >= 0.6 is 19.5 Å². The first-order valence-electron chi connectivity index (χ1n) is 6.37. The third-order valence-corrected chi connectivity index (χ3v) is 4.70. The molecule has 0 aliphatic carbocycles. The number of rotatable bonds is 5. The van der Waals surface area contributed by atoms with Gasteiger partial charge < -0.3 is 9.80 Å². The quantitative estimate of drug-likeness (QED) is 0.335. The molecule has 6 nitrogen and oxygen atoms in total. The zero-order chi connectivity index (χ0) is 16.1. The number of nitrogens with zero attached hydrogens (tertiary/aromatic N) is 3. The molecule has 2 atom stereocenters. The van der Waals surface area contributed by atoms with E-state index in [1.807, 2.05) is 62.1 Å². The topological polar surface area (TPSA) is 54.4 Å². The summed E-state index contributed by atoms with van der Waals surface area (Å²) in [5.41, 5.74) is -0.876. The lowest BCUT2D eigenvalue weighted by Crippen LogP contribution is -2.35. The Kier molecular flexibility index (Phi) is 7.60.